The molecule has 0 fully saturated rings. The van der Waals surface area contributed by atoms with Crippen molar-refractivity contribution in [2.75, 3.05) is 20.3 Å². The van der Waals surface area contributed by atoms with Crippen LogP contribution in [0.4, 0.5) is 0 Å². The molecule has 1 aliphatic rings. The Morgan fingerprint density at radius 3 is 2.47 bits per heavy atom. The van der Waals surface area contributed by atoms with Crippen LogP contribution in [0.15, 0.2) is 52.4 Å². The molecular weight excluding hydrogens is 400 g/mol. The molecule has 1 aliphatic heterocycles. The highest BCUT2D eigenvalue weighted by Gasteiger charge is 2.19. The number of hydrogen-bond donors (Lipinski definition) is 1. The van der Waals surface area contributed by atoms with Crippen LogP contribution in [0.2, 0.25) is 0 Å². The molecular formula is C23H26N2O4S. The second-order valence-electron chi connectivity index (χ2n) is 6.85. The van der Waals surface area contributed by atoms with Gasteiger partial charge in [0.15, 0.2) is 16.7 Å². The van der Waals surface area contributed by atoms with Crippen molar-refractivity contribution >= 4 is 28.9 Å². The van der Waals surface area contributed by atoms with E-state index in [0.717, 1.165) is 29.5 Å². The van der Waals surface area contributed by atoms with E-state index in [4.69, 9.17) is 19.9 Å². The summed E-state index contributed by atoms with van der Waals surface area (Å²) in [6, 6.07) is 13.6. The van der Waals surface area contributed by atoms with Gasteiger partial charge in [0.2, 0.25) is 0 Å². The van der Waals surface area contributed by atoms with E-state index in [1.54, 1.807) is 25.3 Å². The van der Waals surface area contributed by atoms with Gasteiger partial charge in [-0.1, -0.05) is 32.0 Å². The average Bonchev–Trinajstić information content (AvgIpc) is 3.08. The molecule has 0 radical (unpaired) electrons. The number of benzene rings is 2. The van der Waals surface area contributed by atoms with E-state index in [-0.39, 0.29) is 11.1 Å². The molecule has 0 unspecified atom stereocenters. The number of nitrogens with zero attached hydrogens (tertiary/aromatic N) is 1. The smallest absolute Gasteiger partial charge is 0.286 e. The Kier molecular flexibility index (Phi) is 7.41. The summed E-state index contributed by atoms with van der Waals surface area (Å²) in [6.45, 7) is 5.19. The third-order valence-corrected chi connectivity index (χ3v) is 5.61. The lowest BCUT2D eigenvalue weighted by Gasteiger charge is -2.13. The first kappa shape index (κ1) is 21.8. The molecule has 7 heteroatoms. The van der Waals surface area contributed by atoms with Crippen LogP contribution in [0, 0.1) is 0 Å². The number of ether oxygens (including phenoxy) is 3. The van der Waals surface area contributed by atoms with Crippen LogP contribution in [0.3, 0.4) is 0 Å². The van der Waals surface area contributed by atoms with Crippen molar-refractivity contribution in [1.82, 2.24) is 0 Å². The summed E-state index contributed by atoms with van der Waals surface area (Å²) in [7, 11) is 1.57. The lowest BCUT2D eigenvalue weighted by atomic mass is 9.99. The Balaban J connectivity index is 1.54. The molecule has 0 saturated carbocycles. The monoisotopic (exact) mass is 426 g/mol. The SMILES string of the molecule is CC[C@@H](C)c1ccc(OCCOc2ccc(/C=C3\SC(N)=NC3=O)cc2OC)cc1. The number of carbonyl (C=O) groups excluding carboxylic acids is 1. The highest BCUT2D eigenvalue weighted by Crippen LogP contribution is 2.31. The van der Waals surface area contributed by atoms with E-state index in [9.17, 15) is 4.79 Å². The van der Waals surface area contributed by atoms with Gasteiger partial charge in [-0.15, -0.1) is 0 Å². The molecule has 158 valence electrons. The van der Waals surface area contributed by atoms with Gasteiger partial charge in [-0.2, -0.15) is 4.99 Å². The van der Waals surface area contributed by atoms with Crippen LogP contribution in [0.25, 0.3) is 6.08 Å². The van der Waals surface area contributed by atoms with Crippen LogP contribution in [-0.2, 0) is 4.79 Å². The molecule has 0 saturated heterocycles. The number of thioether (sulfide) groups is 1. The fraction of sp³-hybridized carbons (Fsp3) is 0.304. The van der Waals surface area contributed by atoms with E-state index in [1.807, 2.05) is 18.2 Å². The summed E-state index contributed by atoms with van der Waals surface area (Å²) in [5.41, 5.74) is 7.70. The van der Waals surface area contributed by atoms with Gasteiger partial charge in [0.1, 0.15) is 19.0 Å². The van der Waals surface area contributed by atoms with Gasteiger partial charge in [0, 0.05) is 0 Å². The van der Waals surface area contributed by atoms with Gasteiger partial charge in [0.05, 0.1) is 12.0 Å². The fourth-order valence-electron chi connectivity index (χ4n) is 2.91. The van der Waals surface area contributed by atoms with Crippen LogP contribution in [0.1, 0.15) is 37.3 Å². The van der Waals surface area contributed by atoms with Gasteiger partial charge in [-0.05, 0) is 65.6 Å². The van der Waals surface area contributed by atoms with Crippen molar-refractivity contribution in [2.24, 2.45) is 10.7 Å². The Bertz CT molecular complexity index is 954. The molecule has 1 heterocycles. The Labute approximate surface area is 181 Å². The lowest BCUT2D eigenvalue weighted by molar-refractivity contribution is -0.113. The lowest BCUT2D eigenvalue weighted by Crippen LogP contribution is -2.09. The number of nitrogens with two attached hydrogens (primary N) is 1. The Hall–Kier alpha value is -2.93. The Morgan fingerprint density at radius 1 is 1.10 bits per heavy atom. The van der Waals surface area contributed by atoms with E-state index in [2.05, 4.69) is 31.0 Å². The average molecular weight is 427 g/mol. The second-order valence-corrected chi connectivity index (χ2v) is 7.91. The molecule has 2 aromatic carbocycles. The fourth-order valence-corrected chi connectivity index (χ4v) is 3.59. The van der Waals surface area contributed by atoms with Gasteiger partial charge >= 0.3 is 0 Å². The third kappa shape index (κ3) is 5.57. The second kappa shape index (κ2) is 10.2. The number of hydrogen-bond acceptors (Lipinski definition) is 6. The maximum absolute atomic E-state index is 11.7. The summed E-state index contributed by atoms with van der Waals surface area (Å²) in [6.07, 6.45) is 2.84. The molecule has 2 N–H and O–H groups in total. The van der Waals surface area contributed by atoms with Crippen molar-refractivity contribution in [3.8, 4) is 17.2 Å². The standard InChI is InChI=1S/C23H26N2O4S/c1-4-15(2)17-6-8-18(9-7-17)28-11-12-29-19-10-5-16(13-20(19)27-3)14-21-22(26)25-23(24)30-21/h5-10,13-15H,4,11-12H2,1-3H3,(H2,24,25,26)/b21-14-/t15-/m1/s1. The minimum atomic E-state index is -0.328. The number of amides is 1. The van der Waals surface area contributed by atoms with E-state index >= 15 is 0 Å². The van der Waals surface area contributed by atoms with Crippen LogP contribution in [-0.4, -0.2) is 31.4 Å². The van der Waals surface area contributed by atoms with Crippen LogP contribution < -0.4 is 19.9 Å². The summed E-state index contributed by atoms with van der Waals surface area (Å²) in [5.74, 6) is 2.22. The van der Waals surface area contributed by atoms with E-state index in [0.29, 0.717) is 35.5 Å². The number of carbonyl (C=O) groups is 1. The highest BCUT2D eigenvalue weighted by molar-refractivity contribution is 8.18. The maximum Gasteiger partial charge on any atom is 0.286 e. The first-order valence-electron chi connectivity index (χ1n) is 9.81. The number of amidine groups is 1. The molecule has 0 spiro atoms. The maximum atomic E-state index is 11.7. The molecule has 0 bridgehead atoms. The summed E-state index contributed by atoms with van der Waals surface area (Å²) in [5, 5.41) is 0.257. The largest absolute Gasteiger partial charge is 0.493 e. The third-order valence-electron chi connectivity index (χ3n) is 4.79. The normalized spacial score (nSPS) is 15.8. The molecule has 0 aromatic heterocycles. The molecule has 30 heavy (non-hydrogen) atoms. The van der Waals surface area contributed by atoms with Gasteiger partial charge in [-0.25, -0.2) is 0 Å². The Morgan fingerprint density at radius 2 is 1.83 bits per heavy atom. The molecule has 0 aliphatic carbocycles. The molecule has 6 nitrogen and oxygen atoms in total. The van der Waals surface area contributed by atoms with Gasteiger partial charge < -0.3 is 19.9 Å². The molecule has 3 rings (SSSR count). The molecule has 1 amide bonds. The molecule has 2 aromatic rings. The van der Waals surface area contributed by atoms with E-state index < -0.39 is 0 Å². The molecule has 1 atom stereocenters. The zero-order valence-corrected chi connectivity index (χ0v) is 18.2. The van der Waals surface area contributed by atoms with Crippen molar-refractivity contribution < 1.29 is 19.0 Å². The zero-order chi connectivity index (χ0) is 21.5. The van der Waals surface area contributed by atoms with E-state index in [1.165, 1.54) is 5.56 Å². The predicted molar refractivity (Wildman–Crippen MR) is 121 cm³/mol. The van der Waals surface area contributed by atoms with Crippen molar-refractivity contribution in [3.05, 3.63) is 58.5 Å². The van der Waals surface area contributed by atoms with Crippen LogP contribution >= 0.6 is 11.8 Å². The minimum absolute atomic E-state index is 0.257. The van der Waals surface area contributed by atoms with Gasteiger partial charge in [0.25, 0.3) is 5.91 Å². The summed E-state index contributed by atoms with van der Waals surface area (Å²) >= 11 is 1.16. The zero-order valence-electron chi connectivity index (χ0n) is 17.4. The quantitative estimate of drug-likeness (QED) is 0.466. The van der Waals surface area contributed by atoms with Crippen molar-refractivity contribution in [2.45, 2.75) is 26.2 Å². The predicted octanol–water partition coefficient (Wildman–Crippen LogP) is 4.60. The highest BCUT2D eigenvalue weighted by atomic mass is 32.2. The number of methoxy groups -OCH3 is 1. The minimum Gasteiger partial charge on any atom is -0.493 e. The van der Waals surface area contributed by atoms with Crippen molar-refractivity contribution in [1.29, 1.82) is 0 Å². The number of aliphatic imine (C=N–C) groups is 1. The van der Waals surface area contributed by atoms with Gasteiger partial charge in [-0.3, -0.25) is 4.79 Å². The van der Waals surface area contributed by atoms with Crippen molar-refractivity contribution in [3.63, 3.8) is 0 Å². The summed E-state index contributed by atoms with van der Waals surface area (Å²) in [4.78, 5) is 15.9. The first-order valence-corrected chi connectivity index (χ1v) is 10.6. The topological polar surface area (TPSA) is 83.1 Å². The number of rotatable bonds is 9. The van der Waals surface area contributed by atoms with Crippen LogP contribution in [0.5, 0.6) is 17.2 Å². The first-order chi connectivity index (χ1) is 14.5. The summed E-state index contributed by atoms with van der Waals surface area (Å²) < 4.78 is 17.0.